The minimum atomic E-state index is -0.159. The normalized spacial score (nSPS) is 16.9. The van der Waals surface area contributed by atoms with E-state index in [4.69, 9.17) is 9.26 Å². The van der Waals surface area contributed by atoms with Crippen molar-refractivity contribution in [3.63, 3.8) is 0 Å². The van der Waals surface area contributed by atoms with E-state index in [2.05, 4.69) is 15.8 Å². The Labute approximate surface area is 125 Å². The van der Waals surface area contributed by atoms with Crippen LogP contribution in [0.5, 0.6) is 0 Å². The summed E-state index contributed by atoms with van der Waals surface area (Å²) in [7, 11) is 1.72. The van der Waals surface area contributed by atoms with Gasteiger partial charge in [0.1, 0.15) is 0 Å². The Bertz CT molecular complexity index is 453. The molecule has 2 N–H and O–H groups in total. The Balaban J connectivity index is 1.74. The van der Waals surface area contributed by atoms with Gasteiger partial charge in [-0.2, -0.15) is 0 Å². The van der Waals surface area contributed by atoms with Crippen LogP contribution in [0.3, 0.4) is 0 Å². The van der Waals surface area contributed by atoms with Gasteiger partial charge in [-0.15, -0.1) is 0 Å². The van der Waals surface area contributed by atoms with Gasteiger partial charge in [0.25, 0.3) is 0 Å². The molecule has 0 aliphatic heterocycles. The second-order valence-electron chi connectivity index (χ2n) is 5.92. The number of hydrogen-bond donors (Lipinski definition) is 2. The standard InChI is InChI=1S/C15H25N3O3/c1-12-9-13(21-18-12)10-16-14(19)17-11-15(7-8-20-2)5-3-4-6-15/h9H,3-8,10-11H2,1-2H3,(H2,16,17,19). The monoisotopic (exact) mass is 295 g/mol. The number of urea groups is 1. The van der Waals surface area contributed by atoms with E-state index < -0.39 is 0 Å². The summed E-state index contributed by atoms with van der Waals surface area (Å²) >= 11 is 0. The third-order valence-corrected chi connectivity index (χ3v) is 4.22. The van der Waals surface area contributed by atoms with E-state index >= 15 is 0 Å². The number of hydrogen-bond acceptors (Lipinski definition) is 4. The van der Waals surface area contributed by atoms with Crippen molar-refractivity contribution in [2.45, 2.75) is 45.6 Å². The number of nitrogens with one attached hydrogen (secondary N) is 2. The molecular formula is C15H25N3O3. The Morgan fingerprint density at radius 1 is 1.43 bits per heavy atom. The summed E-state index contributed by atoms with van der Waals surface area (Å²) in [6.07, 6.45) is 5.82. The summed E-state index contributed by atoms with van der Waals surface area (Å²) < 4.78 is 10.3. The van der Waals surface area contributed by atoms with E-state index in [9.17, 15) is 4.79 Å². The molecular weight excluding hydrogens is 270 g/mol. The van der Waals surface area contributed by atoms with Crippen molar-refractivity contribution in [1.29, 1.82) is 0 Å². The van der Waals surface area contributed by atoms with Crippen LogP contribution in [0.25, 0.3) is 0 Å². The second-order valence-corrected chi connectivity index (χ2v) is 5.92. The lowest BCUT2D eigenvalue weighted by atomic mass is 9.83. The van der Waals surface area contributed by atoms with E-state index in [0.29, 0.717) is 18.8 Å². The molecule has 0 radical (unpaired) electrons. The molecule has 1 aromatic heterocycles. The molecule has 1 fully saturated rings. The lowest BCUT2D eigenvalue weighted by molar-refractivity contribution is 0.135. The molecule has 0 unspecified atom stereocenters. The first-order valence-corrected chi connectivity index (χ1v) is 7.56. The average Bonchev–Trinajstić information content (AvgIpc) is 3.11. The smallest absolute Gasteiger partial charge is 0.315 e. The zero-order valence-corrected chi connectivity index (χ0v) is 12.9. The number of carbonyl (C=O) groups is 1. The number of ether oxygens (including phenoxy) is 1. The Morgan fingerprint density at radius 3 is 2.81 bits per heavy atom. The molecule has 1 aromatic rings. The summed E-state index contributed by atoms with van der Waals surface area (Å²) in [6.45, 7) is 3.67. The third-order valence-electron chi connectivity index (χ3n) is 4.22. The van der Waals surface area contributed by atoms with Crippen molar-refractivity contribution in [2.24, 2.45) is 5.41 Å². The van der Waals surface area contributed by atoms with Gasteiger partial charge >= 0.3 is 6.03 Å². The highest BCUT2D eigenvalue weighted by atomic mass is 16.5. The number of methoxy groups -OCH3 is 1. The van der Waals surface area contributed by atoms with Crippen molar-refractivity contribution in [2.75, 3.05) is 20.3 Å². The molecule has 1 aliphatic rings. The fraction of sp³-hybridized carbons (Fsp3) is 0.733. The van der Waals surface area contributed by atoms with Crippen molar-refractivity contribution < 1.29 is 14.1 Å². The third kappa shape index (κ3) is 4.74. The number of rotatable bonds is 7. The highest BCUT2D eigenvalue weighted by Crippen LogP contribution is 2.40. The van der Waals surface area contributed by atoms with Crippen LogP contribution in [0, 0.1) is 12.3 Å². The number of nitrogens with zero attached hydrogens (tertiary/aromatic N) is 1. The van der Waals surface area contributed by atoms with Gasteiger partial charge in [0.05, 0.1) is 12.2 Å². The molecule has 0 saturated heterocycles. The fourth-order valence-corrected chi connectivity index (χ4v) is 2.96. The fourth-order valence-electron chi connectivity index (χ4n) is 2.96. The minimum Gasteiger partial charge on any atom is -0.385 e. The molecule has 0 spiro atoms. The van der Waals surface area contributed by atoms with Gasteiger partial charge in [-0.05, 0) is 31.6 Å². The van der Waals surface area contributed by atoms with E-state index in [1.54, 1.807) is 7.11 Å². The van der Waals surface area contributed by atoms with Crippen LogP contribution in [0.15, 0.2) is 10.6 Å². The summed E-state index contributed by atoms with van der Waals surface area (Å²) in [5, 5.41) is 9.57. The Hall–Kier alpha value is -1.56. The van der Waals surface area contributed by atoms with E-state index in [1.165, 1.54) is 12.8 Å². The van der Waals surface area contributed by atoms with Crippen molar-refractivity contribution in [3.8, 4) is 0 Å². The Morgan fingerprint density at radius 2 is 2.19 bits per heavy atom. The van der Waals surface area contributed by atoms with Crippen LogP contribution >= 0.6 is 0 Å². The highest BCUT2D eigenvalue weighted by Gasteiger charge is 2.33. The largest absolute Gasteiger partial charge is 0.385 e. The number of carbonyl (C=O) groups excluding carboxylic acids is 1. The molecule has 1 aliphatic carbocycles. The van der Waals surface area contributed by atoms with Crippen LogP contribution in [-0.4, -0.2) is 31.4 Å². The van der Waals surface area contributed by atoms with Gasteiger partial charge < -0.3 is 19.9 Å². The van der Waals surface area contributed by atoms with Gasteiger partial charge in [-0.1, -0.05) is 18.0 Å². The first-order chi connectivity index (χ1) is 10.1. The lowest BCUT2D eigenvalue weighted by Crippen LogP contribution is -2.41. The van der Waals surface area contributed by atoms with Crippen molar-refractivity contribution >= 4 is 6.03 Å². The molecule has 21 heavy (non-hydrogen) atoms. The van der Waals surface area contributed by atoms with Gasteiger partial charge in [0, 0.05) is 26.3 Å². The SMILES string of the molecule is COCCC1(CNC(=O)NCc2cc(C)no2)CCCC1. The van der Waals surface area contributed by atoms with Crippen LogP contribution in [0.2, 0.25) is 0 Å². The first kappa shape index (κ1) is 15.8. The molecule has 0 bridgehead atoms. The van der Waals surface area contributed by atoms with Gasteiger partial charge in [0.15, 0.2) is 5.76 Å². The number of aryl methyl sites for hydroxylation is 1. The van der Waals surface area contributed by atoms with Gasteiger partial charge in [0.2, 0.25) is 0 Å². The van der Waals surface area contributed by atoms with Crippen LogP contribution in [-0.2, 0) is 11.3 Å². The van der Waals surface area contributed by atoms with Gasteiger partial charge in [-0.25, -0.2) is 4.79 Å². The maximum atomic E-state index is 11.9. The maximum Gasteiger partial charge on any atom is 0.315 e. The van der Waals surface area contributed by atoms with Gasteiger partial charge in [-0.3, -0.25) is 0 Å². The molecule has 2 rings (SSSR count). The van der Waals surface area contributed by atoms with Crippen LogP contribution in [0.4, 0.5) is 4.79 Å². The average molecular weight is 295 g/mol. The summed E-state index contributed by atoms with van der Waals surface area (Å²) in [5.74, 6) is 0.664. The molecule has 0 atom stereocenters. The first-order valence-electron chi connectivity index (χ1n) is 7.56. The minimum absolute atomic E-state index is 0.159. The molecule has 0 aromatic carbocycles. The molecule has 2 amide bonds. The summed E-state index contributed by atoms with van der Waals surface area (Å²) in [4.78, 5) is 11.9. The zero-order chi connectivity index (χ0) is 15.1. The van der Waals surface area contributed by atoms with Crippen LogP contribution < -0.4 is 10.6 Å². The molecule has 1 heterocycles. The second kappa shape index (κ2) is 7.45. The number of aromatic nitrogens is 1. The van der Waals surface area contributed by atoms with Crippen molar-refractivity contribution in [3.05, 3.63) is 17.5 Å². The predicted molar refractivity (Wildman–Crippen MR) is 78.9 cm³/mol. The quantitative estimate of drug-likeness (QED) is 0.809. The summed E-state index contributed by atoms with van der Waals surface area (Å²) in [6, 6.07) is 1.66. The Kier molecular flexibility index (Phi) is 5.61. The highest BCUT2D eigenvalue weighted by molar-refractivity contribution is 5.73. The van der Waals surface area contributed by atoms with E-state index in [0.717, 1.165) is 31.6 Å². The maximum absolute atomic E-state index is 11.9. The molecule has 1 saturated carbocycles. The topological polar surface area (TPSA) is 76.4 Å². The zero-order valence-electron chi connectivity index (χ0n) is 12.9. The van der Waals surface area contributed by atoms with E-state index in [1.807, 2.05) is 13.0 Å². The summed E-state index contributed by atoms with van der Waals surface area (Å²) in [5.41, 5.74) is 1.02. The van der Waals surface area contributed by atoms with Crippen LogP contribution in [0.1, 0.15) is 43.6 Å². The molecule has 6 heteroatoms. The molecule has 6 nitrogen and oxygen atoms in total. The lowest BCUT2D eigenvalue weighted by Gasteiger charge is -2.29. The molecule has 118 valence electrons. The predicted octanol–water partition coefficient (Wildman–Crippen LogP) is 2.38. The van der Waals surface area contributed by atoms with Crippen molar-refractivity contribution in [1.82, 2.24) is 15.8 Å². The van der Waals surface area contributed by atoms with E-state index in [-0.39, 0.29) is 11.4 Å². The number of amides is 2.